The fourth-order valence-electron chi connectivity index (χ4n) is 5.14. The monoisotopic (exact) mass is 586 g/mol. The minimum Gasteiger partial charge on any atom is -0.355 e. The maximum Gasteiger partial charge on any atom is 0.395 e. The van der Waals surface area contributed by atoms with E-state index < -0.39 is 40.0 Å². The lowest BCUT2D eigenvalue weighted by Crippen LogP contribution is -2.45. The summed E-state index contributed by atoms with van der Waals surface area (Å²) in [7, 11) is 5.09. The number of alkyl halides is 3. The second-order valence-electron chi connectivity index (χ2n) is 10.4. The number of carbonyl (C=O) groups is 2. The summed E-state index contributed by atoms with van der Waals surface area (Å²) in [5.74, 6) is -2.87. The first kappa shape index (κ1) is 29.6. The summed E-state index contributed by atoms with van der Waals surface area (Å²) in [6, 6.07) is 6.28. The van der Waals surface area contributed by atoms with Gasteiger partial charge in [0, 0.05) is 43.1 Å². The van der Waals surface area contributed by atoms with Crippen LogP contribution < -0.4 is 10.6 Å². The molecule has 1 aromatic carbocycles. The summed E-state index contributed by atoms with van der Waals surface area (Å²) in [5, 5.41) is 5.04. The Labute approximate surface area is 234 Å². The highest BCUT2D eigenvalue weighted by atomic mass is 35.5. The van der Waals surface area contributed by atoms with Crippen LogP contribution in [0.15, 0.2) is 30.5 Å². The summed E-state index contributed by atoms with van der Waals surface area (Å²) in [4.78, 5) is 30.5. The normalized spacial score (nSPS) is 22.4. The average molecular weight is 587 g/mol. The van der Waals surface area contributed by atoms with Crippen molar-refractivity contribution in [3.05, 3.63) is 63.7 Å². The van der Waals surface area contributed by atoms with Gasteiger partial charge in [0.1, 0.15) is 0 Å². The predicted molar refractivity (Wildman–Crippen MR) is 143 cm³/mol. The number of hydrogen-bond acceptors (Lipinski definition) is 5. The zero-order valence-corrected chi connectivity index (χ0v) is 23.7. The molecule has 212 valence electrons. The van der Waals surface area contributed by atoms with Gasteiger partial charge in [-0.3, -0.25) is 19.5 Å². The van der Waals surface area contributed by atoms with Crippen molar-refractivity contribution in [3.63, 3.8) is 0 Å². The molecule has 2 heterocycles. The third-order valence-corrected chi connectivity index (χ3v) is 10.1. The molecule has 0 bridgehead atoms. The molecule has 1 aliphatic heterocycles. The minimum atomic E-state index is -4.42. The van der Waals surface area contributed by atoms with Gasteiger partial charge in [0.05, 0.1) is 20.9 Å². The van der Waals surface area contributed by atoms with Gasteiger partial charge in [-0.15, -0.1) is 11.8 Å². The Balaban J connectivity index is 1.45. The van der Waals surface area contributed by atoms with Crippen LogP contribution in [-0.2, 0) is 11.2 Å². The van der Waals surface area contributed by atoms with Crippen LogP contribution in [0.1, 0.15) is 52.4 Å². The van der Waals surface area contributed by atoms with Crippen molar-refractivity contribution in [3.8, 4) is 0 Å². The van der Waals surface area contributed by atoms with Crippen LogP contribution in [0.5, 0.6) is 0 Å². The number of carbonyl (C=O) groups excluding carboxylic acids is 2. The number of nitrogens with one attached hydrogen (secondary N) is 2. The van der Waals surface area contributed by atoms with E-state index in [0.717, 1.165) is 0 Å². The quantitative estimate of drug-likeness (QED) is 0.300. The third-order valence-electron chi connectivity index (χ3n) is 7.87. The lowest BCUT2D eigenvalue weighted by atomic mass is 9.80. The number of aromatic nitrogens is 1. The van der Waals surface area contributed by atoms with E-state index in [1.165, 1.54) is 19.3 Å². The number of likely N-dealkylation sites (N-methyl/N-ethyl adjacent to an activating group) is 1. The third kappa shape index (κ3) is 5.76. The van der Waals surface area contributed by atoms with Gasteiger partial charge in [-0.05, 0) is 63.5 Å². The van der Waals surface area contributed by atoms with Gasteiger partial charge in [-0.2, -0.15) is 13.2 Å². The number of rotatable bonds is 10. The van der Waals surface area contributed by atoms with Crippen LogP contribution in [0.2, 0.25) is 5.02 Å². The molecule has 12 heteroatoms. The second kappa shape index (κ2) is 10.9. The standard InChI is InChI=1S/C27H31ClF4N4O2S/c1-15-5-6-17(13-34-15)19(25(9-10-25)27(30,31)32)12-21(37)35-14-26(36(3)4)20(39-26)11-16-7-8-18(24(38)33-2)23(29)22(16)28/h5-8,13,19-20H,9-12,14H2,1-4H3,(H,33,38)(H,35,37)/t19-,20?,26+/m0/s1. The molecule has 1 saturated carbocycles. The highest BCUT2D eigenvalue weighted by Crippen LogP contribution is 2.66. The molecule has 6 nitrogen and oxygen atoms in total. The van der Waals surface area contributed by atoms with Crippen molar-refractivity contribution < 1.29 is 27.2 Å². The van der Waals surface area contributed by atoms with Crippen LogP contribution in [0.25, 0.3) is 0 Å². The van der Waals surface area contributed by atoms with E-state index in [1.807, 2.05) is 19.0 Å². The Bertz CT molecular complexity index is 1250. The number of halogens is 5. The molecule has 0 spiro atoms. The first-order valence-corrected chi connectivity index (χ1v) is 13.8. The van der Waals surface area contributed by atoms with E-state index >= 15 is 0 Å². The zero-order valence-electron chi connectivity index (χ0n) is 22.1. The van der Waals surface area contributed by atoms with Crippen molar-refractivity contribution in [2.45, 2.75) is 54.8 Å². The SMILES string of the molecule is CNC(=O)c1ccc(CC2S[C@@]2(CNC(=O)C[C@@H](c2ccc(C)nc2)C2(C(F)(F)F)CC2)N(C)C)c(Cl)c1F. The molecule has 2 N–H and O–H groups in total. The fraction of sp³-hybridized carbons (Fsp3) is 0.519. The minimum absolute atomic E-state index is 0.0160. The van der Waals surface area contributed by atoms with Gasteiger partial charge in [-0.25, -0.2) is 4.39 Å². The molecular formula is C27H31ClF4N4O2S. The van der Waals surface area contributed by atoms with Crippen LogP contribution in [0.4, 0.5) is 17.6 Å². The Morgan fingerprint density at radius 2 is 1.92 bits per heavy atom. The summed E-state index contributed by atoms with van der Waals surface area (Å²) in [6.07, 6.45) is -2.94. The summed E-state index contributed by atoms with van der Waals surface area (Å²) < 4.78 is 56.8. The van der Waals surface area contributed by atoms with E-state index in [2.05, 4.69) is 15.6 Å². The summed E-state index contributed by atoms with van der Waals surface area (Å²) >= 11 is 7.80. The molecule has 1 saturated heterocycles. The van der Waals surface area contributed by atoms with Crippen molar-refractivity contribution in [2.75, 3.05) is 27.7 Å². The van der Waals surface area contributed by atoms with Crippen molar-refractivity contribution in [2.24, 2.45) is 5.41 Å². The van der Waals surface area contributed by atoms with E-state index in [0.29, 0.717) is 23.2 Å². The molecule has 2 amide bonds. The molecule has 2 aliphatic rings. The molecule has 4 rings (SSSR count). The number of pyridine rings is 1. The fourth-order valence-corrected chi connectivity index (χ4v) is 6.82. The Morgan fingerprint density at radius 1 is 1.23 bits per heavy atom. The van der Waals surface area contributed by atoms with Gasteiger partial charge < -0.3 is 10.6 Å². The second-order valence-corrected chi connectivity index (χ2v) is 12.3. The predicted octanol–water partition coefficient (Wildman–Crippen LogP) is 5.09. The van der Waals surface area contributed by atoms with Crippen LogP contribution in [0.3, 0.4) is 0 Å². The van der Waals surface area contributed by atoms with E-state index in [-0.39, 0.29) is 41.6 Å². The number of hydrogen-bond donors (Lipinski definition) is 2. The van der Waals surface area contributed by atoms with Gasteiger partial charge in [0.15, 0.2) is 5.82 Å². The molecule has 1 aromatic heterocycles. The Morgan fingerprint density at radius 3 is 2.46 bits per heavy atom. The number of thioether (sulfide) groups is 1. The average Bonchev–Trinajstić information content (AvgIpc) is 3.80. The Kier molecular flexibility index (Phi) is 8.27. The largest absolute Gasteiger partial charge is 0.395 e. The number of benzene rings is 1. The number of amides is 2. The molecule has 3 atom stereocenters. The van der Waals surface area contributed by atoms with Crippen LogP contribution in [-0.4, -0.2) is 65.7 Å². The molecule has 2 fully saturated rings. The molecular weight excluding hydrogens is 556 g/mol. The molecule has 2 aromatic rings. The molecule has 1 aliphatic carbocycles. The summed E-state index contributed by atoms with van der Waals surface area (Å²) in [5.41, 5.74) is -0.442. The van der Waals surface area contributed by atoms with Gasteiger partial charge in [-0.1, -0.05) is 23.7 Å². The van der Waals surface area contributed by atoms with E-state index in [9.17, 15) is 27.2 Å². The smallest absolute Gasteiger partial charge is 0.355 e. The van der Waals surface area contributed by atoms with E-state index in [4.69, 9.17) is 11.6 Å². The van der Waals surface area contributed by atoms with Crippen molar-refractivity contribution in [1.82, 2.24) is 20.5 Å². The number of nitrogens with zero attached hydrogens (tertiary/aromatic N) is 2. The van der Waals surface area contributed by atoms with Crippen LogP contribution >= 0.6 is 23.4 Å². The summed E-state index contributed by atoms with van der Waals surface area (Å²) in [6.45, 7) is 1.95. The number of aryl methyl sites for hydroxylation is 1. The van der Waals surface area contributed by atoms with Gasteiger partial charge >= 0.3 is 6.18 Å². The van der Waals surface area contributed by atoms with E-state index in [1.54, 1.807) is 36.9 Å². The Hall–Kier alpha value is -2.37. The highest BCUT2D eigenvalue weighted by Gasteiger charge is 2.67. The first-order chi connectivity index (χ1) is 18.3. The van der Waals surface area contributed by atoms with Gasteiger partial charge in [0.25, 0.3) is 5.91 Å². The zero-order chi connectivity index (χ0) is 28.8. The first-order valence-electron chi connectivity index (χ1n) is 12.6. The lowest BCUT2D eigenvalue weighted by molar-refractivity contribution is -0.194. The molecule has 39 heavy (non-hydrogen) atoms. The van der Waals surface area contributed by atoms with Crippen molar-refractivity contribution in [1.29, 1.82) is 0 Å². The highest BCUT2D eigenvalue weighted by molar-refractivity contribution is 8.08. The van der Waals surface area contributed by atoms with Gasteiger partial charge in [0.2, 0.25) is 5.91 Å². The topological polar surface area (TPSA) is 74.3 Å². The van der Waals surface area contributed by atoms with Crippen molar-refractivity contribution >= 4 is 35.2 Å². The van der Waals surface area contributed by atoms with Crippen LogP contribution in [0, 0.1) is 18.2 Å². The molecule has 1 unspecified atom stereocenters. The lowest BCUT2D eigenvalue weighted by Gasteiger charge is -2.30. The maximum absolute atomic E-state index is 14.7. The molecule has 0 radical (unpaired) electrons. The maximum atomic E-state index is 14.7.